The third kappa shape index (κ3) is 1.71. The van der Waals surface area contributed by atoms with Crippen molar-refractivity contribution in [3.8, 4) is 0 Å². The molecule has 1 heterocycles. The summed E-state index contributed by atoms with van der Waals surface area (Å²) in [6, 6.07) is 6.44. The van der Waals surface area contributed by atoms with Crippen LogP contribution in [0.15, 0.2) is 34.9 Å². The van der Waals surface area contributed by atoms with Gasteiger partial charge in [-0.05, 0) is 23.8 Å². The van der Waals surface area contributed by atoms with Gasteiger partial charge in [-0.1, -0.05) is 6.07 Å². The van der Waals surface area contributed by atoms with Crippen molar-refractivity contribution >= 4 is 16.9 Å². The second-order valence-electron chi connectivity index (χ2n) is 3.22. The molecule has 1 atom stereocenters. The second kappa shape index (κ2) is 3.74. The first kappa shape index (κ1) is 9.73. The third-order valence-electron chi connectivity index (χ3n) is 2.29. The first-order valence-electron chi connectivity index (χ1n) is 4.53. The topological polar surface area (TPSA) is 65.5 Å². The molecule has 78 valence electrons. The molecule has 4 nitrogen and oxygen atoms in total. The Morgan fingerprint density at radius 2 is 2.27 bits per heavy atom. The predicted molar refractivity (Wildman–Crippen MR) is 55.2 cm³/mol. The van der Waals surface area contributed by atoms with E-state index in [0.29, 0.717) is 0 Å². The van der Waals surface area contributed by atoms with Gasteiger partial charge < -0.3 is 14.9 Å². The number of esters is 1. The van der Waals surface area contributed by atoms with Crippen LogP contribution in [0.2, 0.25) is 0 Å². The van der Waals surface area contributed by atoms with Crippen LogP contribution < -0.4 is 5.73 Å². The molecule has 0 fully saturated rings. The van der Waals surface area contributed by atoms with Gasteiger partial charge in [0, 0.05) is 5.39 Å². The Morgan fingerprint density at radius 3 is 3.00 bits per heavy atom. The molecule has 2 aromatic rings. The predicted octanol–water partition coefficient (Wildman–Crippen LogP) is 1.61. The zero-order valence-corrected chi connectivity index (χ0v) is 8.27. The molecule has 4 heteroatoms. The number of hydrogen-bond donors (Lipinski definition) is 1. The van der Waals surface area contributed by atoms with E-state index in [9.17, 15) is 4.79 Å². The highest BCUT2D eigenvalue weighted by molar-refractivity contribution is 5.82. The summed E-state index contributed by atoms with van der Waals surface area (Å²) < 4.78 is 9.76. The first-order chi connectivity index (χ1) is 7.22. The standard InChI is InChI=1S/C11H11NO3/c1-14-11(13)10(12)8-2-3-9-7(6-8)4-5-15-9/h2-6,10H,12H2,1H3. The quantitative estimate of drug-likeness (QED) is 0.756. The Morgan fingerprint density at radius 1 is 1.47 bits per heavy atom. The van der Waals surface area contributed by atoms with Crippen LogP contribution in [-0.4, -0.2) is 13.1 Å². The van der Waals surface area contributed by atoms with Gasteiger partial charge in [-0.25, -0.2) is 0 Å². The largest absolute Gasteiger partial charge is 0.468 e. The average molecular weight is 205 g/mol. The lowest BCUT2D eigenvalue weighted by Crippen LogP contribution is -2.22. The molecule has 2 rings (SSSR count). The van der Waals surface area contributed by atoms with Gasteiger partial charge >= 0.3 is 5.97 Å². The van der Waals surface area contributed by atoms with Crippen molar-refractivity contribution in [2.45, 2.75) is 6.04 Å². The number of ether oxygens (including phenoxy) is 1. The minimum atomic E-state index is -0.741. The van der Waals surface area contributed by atoms with Gasteiger partial charge in [-0.15, -0.1) is 0 Å². The number of carbonyl (C=O) groups excluding carboxylic acids is 1. The number of benzene rings is 1. The van der Waals surface area contributed by atoms with Crippen molar-refractivity contribution in [3.63, 3.8) is 0 Å². The maximum absolute atomic E-state index is 11.2. The number of furan rings is 1. The number of nitrogens with two attached hydrogens (primary N) is 1. The summed E-state index contributed by atoms with van der Waals surface area (Å²) >= 11 is 0. The van der Waals surface area contributed by atoms with Crippen molar-refractivity contribution in [2.24, 2.45) is 5.73 Å². The van der Waals surface area contributed by atoms with Gasteiger partial charge in [0.15, 0.2) is 0 Å². The SMILES string of the molecule is COC(=O)C(N)c1ccc2occc2c1. The lowest BCUT2D eigenvalue weighted by molar-refractivity contribution is -0.142. The molecule has 0 aliphatic heterocycles. The molecule has 0 spiro atoms. The molecular formula is C11H11NO3. The fraction of sp³-hybridized carbons (Fsp3) is 0.182. The number of rotatable bonds is 2. The maximum Gasteiger partial charge on any atom is 0.327 e. The molecule has 0 saturated heterocycles. The van der Waals surface area contributed by atoms with E-state index in [1.807, 2.05) is 12.1 Å². The smallest absolute Gasteiger partial charge is 0.327 e. The van der Waals surface area contributed by atoms with Gasteiger partial charge in [-0.2, -0.15) is 0 Å². The van der Waals surface area contributed by atoms with Crippen LogP contribution in [0.25, 0.3) is 11.0 Å². The fourth-order valence-corrected chi connectivity index (χ4v) is 1.44. The molecule has 2 N–H and O–H groups in total. The van der Waals surface area contributed by atoms with Gasteiger partial charge in [0.2, 0.25) is 0 Å². The molecule has 1 aromatic heterocycles. The van der Waals surface area contributed by atoms with Crippen LogP contribution >= 0.6 is 0 Å². The minimum absolute atomic E-state index is 0.446. The van der Waals surface area contributed by atoms with Crippen LogP contribution in [0.3, 0.4) is 0 Å². The molecule has 15 heavy (non-hydrogen) atoms. The Hall–Kier alpha value is -1.81. The van der Waals surface area contributed by atoms with Gasteiger partial charge in [0.05, 0.1) is 13.4 Å². The van der Waals surface area contributed by atoms with E-state index in [0.717, 1.165) is 16.5 Å². The van der Waals surface area contributed by atoms with Crippen molar-refractivity contribution < 1.29 is 13.9 Å². The van der Waals surface area contributed by atoms with Crippen molar-refractivity contribution in [2.75, 3.05) is 7.11 Å². The fourth-order valence-electron chi connectivity index (χ4n) is 1.44. The summed E-state index contributed by atoms with van der Waals surface area (Å²) in [5.41, 5.74) is 7.20. The molecule has 0 amide bonds. The van der Waals surface area contributed by atoms with E-state index in [1.165, 1.54) is 7.11 Å². The third-order valence-corrected chi connectivity index (χ3v) is 2.29. The summed E-state index contributed by atoms with van der Waals surface area (Å²) in [5.74, 6) is -0.446. The monoisotopic (exact) mass is 205 g/mol. The maximum atomic E-state index is 11.2. The van der Waals surface area contributed by atoms with E-state index < -0.39 is 12.0 Å². The van der Waals surface area contributed by atoms with Gasteiger partial charge in [0.1, 0.15) is 11.6 Å². The molecule has 0 bridgehead atoms. The molecule has 0 radical (unpaired) electrons. The number of fused-ring (bicyclic) bond motifs is 1. The Bertz CT molecular complexity index is 489. The lowest BCUT2D eigenvalue weighted by Gasteiger charge is -2.08. The van der Waals surface area contributed by atoms with Gasteiger partial charge in [0.25, 0.3) is 0 Å². The molecule has 0 aliphatic rings. The van der Waals surface area contributed by atoms with E-state index in [1.54, 1.807) is 18.4 Å². The number of carbonyl (C=O) groups is 1. The first-order valence-corrected chi connectivity index (χ1v) is 4.53. The summed E-state index contributed by atoms with van der Waals surface area (Å²) in [5, 5.41) is 0.923. The van der Waals surface area contributed by atoms with Crippen LogP contribution in [0.1, 0.15) is 11.6 Å². The summed E-state index contributed by atoms with van der Waals surface area (Å²) in [6.07, 6.45) is 1.60. The Labute approximate surface area is 86.6 Å². The van der Waals surface area contributed by atoms with Crippen LogP contribution in [0.4, 0.5) is 0 Å². The van der Waals surface area contributed by atoms with Crippen molar-refractivity contribution in [1.82, 2.24) is 0 Å². The zero-order chi connectivity index (χ0) is 10.8. The highest BCUT2D eigenvalue weighted by atomic mass is 16.5. The molecular weight excluding hydrogens is 194 g/mol. The average Bonchev–Trinajstić information content (AvgIpc) is 2.73. The van der Waals surface area contributed by atoms with E-state index >= 15 is 0 Å². The Balaban J connectivity index is 2.39. The second-order valence-corrected chi connectivity index (χ2v) is 3.22. The van der Waals surface area contributed by atoms with Crippen molar-refractivity contribution in [3.05, 3.63) is 36.1 Å². The van der Waals surface area contributed by atoms with Gasteiger partial charge in [-0.3, -0.25) is 4.79 Å². The van der Waals surface area contributed by atoms with Crippen LogP contribution in [0, 0.1) is 0 Å². The van der Waals surface area contributed by atoms with Crippen LogP contribution in [-0.2, 0) is 9.53 Å². The number of methoxy groups -OCH3 is 1. The van der Waals surface area contributed by atoms with E-state index in [-0.39, 0.29) is 0 Å². The minimum Gasteiger partial charge on any atom is -0.468 e. The summed E-state index contributed by atoms with van der Waals surface area (Å²) in [7, 11) is 1.32. The zero-order valence-electron chi connectivity index (χ0n) is 8.27. The van der Waals surface area contributed by atoms with Crippen molar-refractivity contribution in [1.29, 1.82) is 0 Å². The highest BCUT2D eigenvalue weighted by Crippen LogP contribution is 2.20. The Kier molecular flexibility index (Phi) is 2.43. The molecule has 1 unspecified atom stereocenters. The van der Waals surface area contributed by atoms with Crippen LogP contribution in [0.5, 0.6) is 0 Å². The summed E-state index contributed by atoms with van der Waals surface area (Å²) in [6.45, 7) is 0. The molecule has 1 aromatic carbocycles. The molecule has 0 saturated carbocycles. The van der Waals surface area contributed by atoms with E-state index in [4.69, 9.17) is 10.2 Å². The normalized spacial score (nSPS) is 12.7. The highest BCUT2D eigenvalue weighted by Gasteiger charge is 2.16. The summed E-state index contributed by atoms with van der Waals surface area (Å²) in [4.78, 5) is 11.2. The lowest BCUT2D eigenvalue weighted by atomic mass is 10.1. The number of hydrogen-bond acceptors (Lipinski definition) is 4. The molecule has 0 aliphatic carbocycles. The van der Waals surface area contributed by atoms with E-state index in [2.05, 4.69) is 4.74 Å².